The van der Waals surface area contributed by atoms with E-state index < -0.39 is 10.8 Å². The fourth-order valence-electron chi connectivity index (χ4n) is 4.06. The number of carbonyl (C=O) groups is 1. The largest absolute Gasteiger partial charge is 0.451 e. The summed E-state index contributed by atoms with van der Waals surface area (Å²) in [5.41, 5.74) is 7.14. The number of furan rings is 1. The number of nitrogens with zero attached hydrogens (tertiary/aromatic N) is 3. The molecule has 0 saturated carbocycles. The molecule has 37 heavy (non-hydrogen) atoms. The lowest BCUT2D eigenvalue weighted by Gasteiger charge is -2.10. The summed E-state index contributed by atoms with van der Waals surface area (Å²) in [4.78, 5) is 24.8. The summed E-state index contributed by atoms with van der Waals surface area (Å²) < 4.78 is 7.69. The summed E-state index contributed by atoms with van der Waals surface area (Å²) in [5.74, 6) is -0.210. The zero-order chi connectivity index (χ0) is 25.9. The Bertz CT molecular complexity index is 1600. The van der Waals surface area contributed by atoms with Crippen molar-refractivity contribution in [3.63, 3.8) is 0 Å². The Kier molecular flexibility index (Phi) is 6.61. The van der Waals surface area contributed by atoms with Gasteiger partial charge in [0.2, 0.25) is 0 Å². The molecule has 0 saturated heterocycles. The molecule has 0 fully saturated rings. The fourth-order valence-corrected chi connectivity index (χ4v) is 4.88. The van der Waals surface area contributed by atoms with Crippen molar-refractivity contribution in [2.24, 2.45) is 5.10 Å². The molecule has 2 heterocycles. The highest BCUT2D eigenvalue weighted by atomic mass is 32.2. The molecule has 0 aliphatic rings. The number of carbonyl (C=O) groups excluding carboxylic acids is 1. The normalized spacial score (nSPS) is 11.3. The molecule has 8 nitrogen and oxygen atoms in total. The summed E-state index contributed by atoms with van der Waals surface area (Å²) >= 11 is 1.54. The van der Waals surface area contributed by atoms with Crippen LogP contribution in [0.1, 0.15) is 27.5 Å². The summed E-state index contributed by atoms with van der Waals surface area (Å²) in [6.45, 7) is 4.01. The zero-order valence-corrected chi connectivity index (χ0v) is 20.9. The van der Waals surface area contributed by atoms with Gasteiger partial charge in [0, 0.05) is 49.9 Å². The van der Waals surface area contributed by atoms with Gasteiger partial charge in [0.1, 0.15) is 5.58 Å². The smallest absolute Gasteiger partial charge is 0.307 e. The van der Waals surface area contributed by atoms with Crippen LogP contribution in [0.15, 0.2) is 104 Å². The van der Waals surface area contributed by atoms with Gasteiger partial charge < -0.3 is 8.98 Å². The molecular formula is C28H22N4O4S. The van der Waals surface area contributed by atoms with Crippen molar-refractivity contribution in [2.75, 3.05) is 0 Å². The number of non-ortho nitro benzene ring substituents is 1. The maximum Gasteiger partial charge on any atom is 0.307 e. The number of fused-ring (bicyclic) bond motifs is 1. The van der Waals surface area contributed by atoms with Crippen LogP contribution >= 0.6 is 11.8 Å². The minimum Gasteiger partial charge on any atom is -0.451 e. The first-order valence-electron chi connectivity index (χ1n) is 11.4. The molecule has 5 rings (SSSR count). The van der Waals surface area contributed by atoms with Crippen LogP contribution in [0.3, 0.4) is 0 Å². The van der Waals surface area contributed by atoms with Gasteiger partial charge >= 0.3 is 5.91 Å². The maximum absolute atomic E-state index is 12.4. The van der Waals surface area contributed by atoms with E-state index in [1.165, 1.54) is 23.9 Å². The molecule has 0 aliphatic carbocycles. The van der Waals surface area contributed by atoms with Crippen LogP contribution in [-0.4, -0.2) is 21.6 Å². The van der Waals surface area contributed by atoms with Crippen molar-refractivity contribution in [1.29, 1.82) is 0 Å². The highest BCUT2D eigenvalue weighted by molar-refractivity contribution is 7.99. The minimum absolute atomic E-state index is 0.0756. The van der Waals surface area contributed by atoms with Crippen molar-refractivity contribution in [3.8, 4) is 5.69 Å². The topological polar surface area (TPSA) is 103 Å². The molecule has 9 heteroatoms. The number of hydrogen-bond acceptors (Lipinski definition) is 6. The maximum atomic E-state index is 12.4. The Hall–Kier alpha value is -4.63. The first-order chi connectivity index (χ1) is 17.9. The fraction of sp³-hybridized carbons (Fsp3) is 0.0714. The number of nitro benzene ring substituents is 1. The second kappa shape index (κ2) is 10.2. The van der Waals surface area contributed by atoms with Crippen LogP contribution in [0.5, 0.6) is 0 Å². The monoisotopic (exact) mass is 510 g/mol. The number of amides is 1. The van der Waals surface area contributed by atoms with E-state index >= 15 is 0 Å². The Labute approximate surface area is 216 Å². The molecule has 3 aromatic carbocycles. The lowest BCUT2D eigenvalue weighted by atomic mass is 10.2. The minimum atomic E-state index is -0.414. The third-order valence-corrected chi connectivity index (χ3v) is 6.88. The van der Waals surface area contributed by atoms with E-state index in [-0.39, 0.29) is 11.4 Å². The number of nitro groups is 1. The quantitative estimate of drug-likeness (QED) is 0.150. The molecule has 0 radical (unpaired) electrons. The molecule has 0 spiro atoms. The molecule has 0 bridgehead atoms. The summed E-state index contributed by atoms with van der Waals surface area (Å²) in [6.07, 6.45) is 1.62. The van der Waals surface area contributed by atoms with Gasteiger partial charge in [0.15, 0.2) is 5.76 Å². The van der Waals surface area contributed by atoms with Gasteiger partial charge in [-0.15, -0.1) is 0 Å². The number of para-hydroxylation sites is 1. The number of benzene rings is 3. The lowest BCUT2D eigenvalue weighted by Crippen LogP contribution is -2.16. The van der Waals surface area contributed by atoms with E-state index in [0.29, 0.717) is 5.58 Å². The van der Waals surface area contributed by atoms with Crippen molar-refractivity contribution in [1.82, 2.24) is 9.99 Å². The average Bonchev–Trinajstić information content (AvgIpc) is 3.45. The predicted molar refractivity (Wildman–Crippen MR) is 144 cm³/mol. The highest BCUT2D eigenvalue weighted by Gasteiger charge is 2.13. The second-order valence-electron chi connectivity index (χ2n) is 8.36. The van der Waals surface area contributed by atoms with Crippen molar-refractivity contribution in [2.45, 2.75) is 23.6 Å². The first-order valence-corrected chi connectivity index (χ1v) is 12.2. The Morgan fingerprint density at radius 2 is 1.68 bits per heavy atom. The van der Waals surface area contributed by atoms with E-state index in [2.05, 4.69) is 15.1 Å². The van der Waals surface area contributed by atoms with Crippen LogP contribution in [0, 0.1) is 24.0 Å². The summed E-state index contributed by atoms with van der Waals surface area (Å²) in [5, 5.41) is 15.8. The molecule has 184 valence electrons. The SMILES string of the molecule is Cc1cc(C=NNC(=O)c2cc3ccccc3o2)c(C)n1-c1ccc(Sc2ccc([N+](=O)[O-])cc2)cc1. The number of aryl methyl sites for hydroxylation is 1. The van der Waals surface area contributed by atoms with Gasteiger partial charge in [-0.05, 0) is 68.4 Å². The van der Waals surface area contributed by atoms with Gasteiger partial charge in [0.05, 0.1) is 11.1 Å². The van der Waals surface area contributed by atoms with E-state index in [9.17, 15) is 14.9 Å². The van der Waals surface area contributed by atoms with Crippen LogP contribution in [0.4, 0.5) is 5.69 Å². The summed E-state index contributed by atoms with van der Waals surface area (Å²) in [6, 6.07) is 25.7. The molecule has 1 N–H and O–H groups in total. The molecule has 0 atom stereocenters. The molecule has 2 aromatic heterocycles. The van der Waals surface area contributed by atoms with Crippen molar-refractivity contribution < 1.29 is 14.1 Å². The number of hydrogen-bond donors (Lipinski definition) is 1. The second-order valence-corrected chi connectivity index (χ2v) is 9.50. The Balaban J connectivity index is 1.27. The Morgan fingerprint density at radius 3 is 2.35 bits per heavy atom. The van der Waals surface area contributed by atoms with E-state index in [1.807, 2.05) is 68.4 Å². The molecule has 5 aromatic rings. The van der Waals surface area contributed by atoms with Crippen molar-refractivity contribution >= 4 is 40.5 Å². The third-order valence-electron chi connectivity index (χ3n) is 5.87. The zero-order valence-electron chi connectivity index (χ0n) is 20.0. The highest BCUT2D eigenvalue weighted by Crippen LogP contribution is 2.30. The van der Waals surface area contributed by atoms with E-state index in [1.54, 1.807) is 24.4 Å². The first kappa shape index (κ1) is 24.1. The third kappa shape index (κ3) is 5.17. The van der Waals surface area contributed by atoms with Gasteiger partial charge in [-0.2, -0.15) is 5.10 Å². The van der Waals surface area contributed by atoms with Crippen molar-refractivity contribution in [3.05, 3.63) is 118 Å². The van der Waals surface area contributed by atoms with Gasteiger partial charge in [-0.3, -0.25) is 14.9 Å². The van der Waals surface area contributed by atoms with Gasteiger partial charge in [-0.1, -0.05) is 30.0 Å². The number of nitrogens with one attached hydrogen (secondary N) is 1. The van der Waals surface area contributed by atoms with Crippen LogP contribution in [0.2, 0.25) is 0 Å². The molecule has 0 unspecified atom stereocenters. The Morgan fingerprint density at radius 1 is 1.00 bits per heavy atom. The van der Waals surface area contributed by atoms with Gasteiger partial charge in [0.25, 0.3) is 5.69 Å². The predicted octanol–water partition coefficient (Wildman–Crippen LogP) is 6.66. The van der Waals surface area contributed by atoms with Crippen LogP contribution in [0.25, 0.3) is 16.7 Å². The van der Waals surface area contributed by atoms with Gasteiger partial charge in [-0.25, -0.2) is 5.43 Å². The average molecular weight is 511 g/mol. The van der Waals surface area contributed by atoms with Crippen LogP contribution in [-0.2, 0) is 0 Å². The number of hydrazone groups is 1. The van der Waals surface area contributed by atoms with Crippen LogP contribution < -0.4 is 5.43 Å². The molecule has 0 aliphatic heterocycles. The molecular weight excluding hydrogens is 488 g/mol. The summed E-state index contributed by atoms with van der Waals surface area (Å²) in [7, 11) is 0. The number of rotatable bonds is 7. The standard InChI is InChI=1S/C28H22N4O4S/c1-18-15-21(17-29-30-28(33)27-16-20-5-3-4-6-26(20)36-27)19(2)31(18)22-7-11-24(12-8-22)37-25-13-9-23(10-14-25)32(34)35/h3-17H,1-2H3,(H,30,33). The number of aromatic nitrogens is 1. The lowest BCUT2D eigenvalue weighted by molar-refractivity contribution is -0.384. The van der Waals surface area contributed by atoms with E-state index in [4.69, 9.17) is 4.42 Å². The van der Waals surface area contributed by atoms with E-state index in [0.717, 1.165) is 37.8 Å². The molecule has 1 amide bonds.